The number of carbonyl (C=O) groups is 4. The molecule has 2 heterocycles. The van der Waals surface area contributed by atoms with Crippen molar-refractivity contribution in [2.24, 2.45) is 5.14 Å². The molecule has 46 heavy (non-hydrogen) atoms. The van der Waals surface area contributed by atoms with Gasteiger partial charge in [0.1, 0.15) is 18.4 Å². The number of ether oxygens (including phenoxy) is 5. The van der Waals surface area contributed by atoms with Crippen molar-refractivity contribution in [2.45, 2.75) is 115 Å². The highest BCUT2D eigenvalue weighted by molar-refractivity contribution is 7.89. The first-order chi connectivity index (χ1) is 21.9. The minimum atomic E-state index is -3.92. The predicted molar refractivity (Wildman–Crippen MR) is 161 cm³/mol. The first kappa shape index (κ1) is 36.6. The molecule has 0 saturated carbocycles. The minimum absolute atomic E-state index is 0.0332. The maximum absolute atomic E-state index is 12.9. The average molecular weight is 667 g/mol. The second-order valence-electron chi connectivity index (χ2n) is 10.8. The molecule has 0 radical (unpaired) electrons. The van der Waals surface area contributed by atoms with Gasteiger partial charge in [0, 0.05) is 31.2 Å². The molecule has 0 amide bonds. The van der Waals surface area contributed by atoms with Gasteiger partial charge in [-0.25, -0.2) is 18.2 Å². The van der Waals surface area contributed by atoms with E-state index < -0.39 is 64.5 Å². The van der Waals surface area contributed by atoms with Crippen LogP contribution in [0.4, 0.5) is 0 Å². The third kappa shape index (κ3) is 10.1. The van der Waals surface area contributed by atoms with Crippen molar-refractivity contribution < 1.29 is 51.3 Å². The summed E-state index contributed by atoms with van der Waals surface area (Å²) in [5, 5.41) is 13.5. The number of esters is 4. The first-order valence-corrected chi connectivity index (χ1v) is 16.9. The molecule has 254 valence electrons. The number of rotatable bonds is 16. The maximum atomic E-state index is 12.9. The van der Waals surface area contributed by atoms with E-state index in [1.54, 1.807) is 20.8 Å². The first-order valence-electron chi connectivity index (χ1n) is 15.4. The van der Waals surface area contributed by atoms with E-state index in [1.165, 1.54) is 35.1 Å². The molecule has 2 aromatic rings. The van der Waals surface area contributed by atoms with Gasteiger partial charge in [0.25, 0.3) is 0 Å². The highest BCUT2D eigenvalue weighted by Gasteiger charge is 2.53. The molecule has 3 rings (SSSR count). The van der Waals surface area contributed by atoms with Gasteiger partial charge in [0.15, 0.2) is 24.5 Å². The summed E-state index contributed by atoms with van der Waals surface area (Å²) in [6.45, 7) is 6.81. The second-order valence-corrected chi connectivity index (χ2v) is 12.3. The third-order valence-electron chi connectivity index (χ3n) is 6.89. The smallest absolute Gasteiger partial charge is 0.306 e. The van der Waals surface area contributed by atoms with E-state index in [2.05, 4.69) is 10.3 Å². The van der Waals surface area contributed by atoms with E-state index in [0.717, 1.165) is 0 Å². The molecule has 1 aliphatic heterocycles. The summed E-state index contributed by atoms with van der Waals surface area (Å²) < 4.78 is 53.8. The minimum Gasteiger partial charge on any atom is -0.463 e. The highest BCUT2D eigenvalue weighted by atomic mass is 32.2. The topological polar surface area (TPSA) is 205 Å². The van der Waals surface area contributed by atoms with Crippen molar-refractivity contribution in [3.05, 3.63) is 30.5 Å². The molecule has 1 aliphatic rings. The van der Waals surface area contributed by atoms with Gasteiger partial charge in [-0.15, -0.1) is 5.10 Å². The number of aromatic nitrogens is 3. The zero-order valence-electron chi connectivity index (χ0n) is 26.5. The Morgan fingerprint density at radius 3 is 1.80 bits per heavy atom. The van der Waals surface area contributed by atoms with Crippen LogP contribution in [0.1, 0.15) is 85.3 Å². The van der Waals surface area contributed by atoms with E-state index in [1.807, 2.05) is 6.92 Å². The van der Waals surface area contributed by atoms with Crippen LogP contribution in [0.25, 0.3) is 11.3 Å². The molecule has 16 heteroatoms. The lowest BCUT2D eigenvalue weighted by Crippen LogP contribution is -2.61. The average Bonchev–Trinajstić information content (AvgIpc) is 3.48. The molecule has 2 N–H and O–H groups in total. The van der Waals surface area contributed by atoms with Crippen LogP contribution in [0.5, 0.6) is 0 Å². The third-order valence-corrected chi connectivity index (χ3v) is 7.82. The van der Waals surface area contributed by atoms with Crippen LogP contribution in [0.3, 0.4) is 0 Å². The zero-order valence-corrected chi connectivity index (χ0v) is 27.3. The lowest BCUT2D eigenvalue weighted by Gasteiger charge is -2.44. The predicted octanol–water partition coefficient (Wildman–Crippen LogP) is 2.97. The molecule has 5 atom stereocenters. The number of nitrogens with two attached hydrogens (primary N) is 1. The molecular formula is C30H42N4O11S. The number of sulfonamides is 1. The van der Waals surface area contributed by atoms with Crippen molar-refractivity contribution in [2.75, 3.05) is 6.61 Å². The molecule has 1 aromatic heterocycles. The Hall–Kier alpha value is -3.89. The summed E-state index contributed by atoms with van der Waals surface area (Å²) in [6, 6.07) is 5.61. The van der Waals surface area contributed by atoms with E-state index in [0.29, 0.717) is 36.9 Å². The fraction of sp³-hybridized carbons (Fsp3) is 0.600. The molecule has 1 fully saturated rings. The summed E-state index contributed by atoms with van der Waals surface area (Å²) in [5.74, 6) is -2.37. The van der Waals surface area contributed by atoms with Crippen molar-refractivity contribution in [1.82, 2.24) is 15.0 Å². The van der Waals surface area contributed by atoms with Crippen molar-refractivity contribution >= 4 is 33.9 Å². The normalized spacial score (nSPS) is 21.3. The number of hydrogen-bond donors (Lipinski definition) is 1. The summed E-state index contributed by atoms with van der Waals surface area (Å²) >= 11 is 0. The summed E-state index contributed by atoms with van der Waals surface area (Å²) in [6.07, 6.45) is -2.81. The Labute approximate surface area is 268 Å². The van der Waals surface area contributed by atoms with Crippen LogP contribution in [0.2, 0.25) is 0 Å². The van der Waals surface area contributed by atoms with Crippen LogP contribution >= 0.6 is 0 Å². The lowest BCUT2D eigenvalue weighted by atomic mass is 9.97. The molecule has 0 bridgehead atoms. The standard InChI is InChI=1S/C30H42N4O11S/c1-5-9-23(35)41-18-22-27(43-24(36)10-6-2)28(44-25(37)11-7-3)29(45-26(38)12-8-4)30(42-22)34-17-21(32-33-34)19-13-15-20(16-14-19)46(31,39)40/h13-17,22,27-30H,5-12,18H2,1-4H3,(H2,31,39,40)/t22-,27+,28+,29-,30-/m1/s1. The van der Waals surface area contributed by atoms with E-state index in [-0.39, 0.29) is 37.2 Å². The van der Waals surface area contributed by atoms with Gasteiger partial charge in [0.2, 0.25) is 10.0 Å². The number of carbonyl (C=O) groups excluding carboxylic acids is 4. The Kier molecular flexibility index (Phi) is 13.6. The van der Waals surface area contributed by atoms with Gasteiger partial charge in [0.05, 0.1) is 11.1 Å². The van der Waals surface area contributed by atoms with E-state index in [4.69, 9.17) is 28.8 Å². The number of hydrogen-bond acceptors (Lipinski definition) is 13. The van der Waals surface area contributed by atoms with Gasteiger partial charge in [-0.3, -0.25) is 19.2 Å². The summed E-state index contributed by atoms with van der Waals surface area (Å²) in [4.78, 5) is 50.8. The fourth-order valence-electron chi connectivity index (χ4n) is 4.69. The highest BCUT2D eigenvalue weighted by Crippen LogP contribution is 2.35. The summed E-state index contributed by atoms with van der Waals surface area (Å²) in [5.41, 5.74) is 0.779. The fourth-order valence-corrected chi connectivity index (χ4v) is 5.20. The van der Waals surface area contributed by atoms with Crippen molar-refractivity contribution in [3.8, 4) is 11.3 Å². The maximum Gasteiger partial charge on any atom is 0.306 e. The molecule has 15 nitrogen and oxygen atoms in total. The second kappa shape index (κ2) is 17.1. The lowest BCUT2D eigenvalue weighted by molar-refractivity contribution is -0.272. The van der Waals surface area contributed by atoms with Crippen LogP contribution in [0, 0.1) is 0 Å². The molecule has 1 saturated heterocycles. The molecule has 0 spiro atoms. The quantitative estimate of drug-likeness (QED) is 0.202. The monoisotopic (exact) mass is 666 g/mol. The summed E-state index contributed by atoms with van der Waals surface area (Å²) in [7, 11) is -3.92. The zero-order chi connectivity index (χ0) is 33.9. The number of nitrogens with zero attached hydrogens (tertiary/aromatic N) is 3. The Bertz CT molecular complexity index is 1440. The van der Waals surface area contributed by atoms with Gasteiger partial charge < -0.3 is 23.7 Å². The van der Waals surface area contributed by atoms with Crippen LogP contribution < -0.4 is 5.14 Å². The van der Waals surface area contributed by atoms with E-state index >= 15 is 0 Å². The largest absolute Gasteiger partial charge is 0.463 e. The Balaban J connectivity index is 2.09. The van der Waals surface area contributed by atoms with Crippen molar-refractivity contribution in [3.63, 3.8) is 0 Å². The van der Waals surface area contributed by atoms with Gasteiger partial charge in [-0.2, -0.15) is 0 Å². The Morgan fingerprint density at radius 1 is 0.783 bits per heavy atom. The van der Waals surface area contributed by atoms with Gasteiger partial charge >= 0.3 is 23.9 Å². The number of benzene rings is 1. The SMILES string of the molecule is CCCC(=O)OC[C@H]1O[C@@H](n2cc(-c3ccc(S(N)(=O)=O)cc3)nn2)[C@H](OC(=O)CCC)[C@@H](OC(=O)CCC)[C@H]1OC(=O)CCC. The van der Waals surface area contributed by atoms with Gasteiger partial charge in [-0.1, -0.05) is 45.0 Å². The molecular weight excluding hydrogens is 624 g/mol. The van der Waals surface area contributed by atoms with Crippen LogP contribution in [0.15, 0.2) is 35.4 Å². The van der Waals surface area contributed by atoms with Crippen molar-refractivity contribution in [1.29, 1.82) is 0 Å². The van der Waals surface area contributed by atoms with Crippen LogP contribution in [-0.4, -0.2) is 78.3 Å². The Morgan fingerprint density at radius 2 is 1.28 bits per heavy atom. The molecule has 0 unspecified atom stereocenters. The van der Waals surface area contributed by atoms with E-state index in [9.17, 15) is 27.6 Å². The van der Waals surface area contributed by atoms with Gasteiger partial charge in [-0.05, 0) is 37.8 Å². The number of primary sulfonamides is 1. The van der Waals surface area contributed by atoms with Crippen LogP contribution in [-0.2, 0) is 52.9 Å². The molecule has 0 aliphatic carbocycles. The molecule has 1 aromatic carbocycles.